The summed E-state index contributed by atoms with van der Waals surface area (Å²) < 4.78 is 5.53. The van der Waals surface area contributed by atoms with E-state index in [9.17, 15) is 5.11 Å². The SMILES string of the molecule is O[C@@H](COc1ccccc1Cl)CN1CCCCC1. The van der Waals surface area contributed by atoms with Crippen molar-refractivity contribution in [2.75, 3.05) is 26.2 Å². The van der Waals surface area contributed by atoms with E-state index in [-0.39, 0.29) is 0 Å². The maximum absolute atomic E-state index is 9.94. The Kier molecular flexibility index (Phi) is 5.29. The highest BCUT2D eigenvalue weighted by molar-refractivity contribution is 6.32. The summed E-state index contributed by atoms with van der Waals surface area (Å²) in [6.07, 6.45) is 3.32. The second-order valence-electron chi connectivity index (χ2n) is 4.76. The molecule has 100 valence electrons. The van der Waals surface area contributed by atoms with Crippen molar-refractivity contribution in [1.29, 1.82) is 0 Å². The van der Waals surface area contributed by atoms with Crippen molar-refractivity contribution >= 4 is 11.6 Å². The molecule has 3 nitrogen and oxygen atoms in total. The summed E-state index contributed by atoms with van der Waals surface area (Å²) in [5, 5.41) is 10.5. The largest absolute Gasteiger partial charge is 0.489 e. The van der Waals surface area contributed by atoms with E-state index in [2.05, 4.69) is 4.90 Å². The summed E-state index contributed by atoms with van der Waals surface area (Å²) in [5.74, 6) is 0.636. The molecule has 1 atom stereocenters. The summed E-state index contributed by atoms with van der Waals surface area (Å²) in [5.41, 5.74) is 0. The molecule has 4 heteroatoms. The number of rotatable bonds is 5. The van der Waals surface area contributed by atoms with Crippen LogP contribution in [0, 0.1) is 0 Å². The smallest absolute Gasteiger partial charge is 0.138 e. The third kappa shape index (κ3) is 4.16. The number of halogens is 1. The number of hydrogen-bond donors (Lipinski definition) is 1. The van der Waals surface area contributed by atoms with Crippen LogP contribution < -0.4 is 4.74 Å². The molecular formula is C14H20ClNO2. The number of aliphatic hydroxyl groups is 1. The Balaban J connectivity index is 1.74. The van der Waals surface area contributed by atoms with Crippen molar-refractivity contribution in [2.24, 2.45) is 0 Å². The number of piperidine rings is 1. The van der Waals surface area contributed by atoms with Gasteiger partial charge in [-0.2, -0.15) is 0 Å². The van der Waals surface area contributed by atoms with Gasteiger partial charge in [0, 0.05) is 6.54 Å². The van der Waals surface area contributed by atoms with Crippen molar-refractivity contribution in [3.05, 3.63) is 29.3 Å². The Hall–Kier alpha value is -0.770. The van der Waals surface area contributed by atoms with Gasteiger partial charge in [0.05, 0.1) is 5.02 Å². The van der Waals surface area contributed by atoms with Gasteiger partial charge in [-0.05, 0) is 38.1 Å². The Morgan fingerprint density at radius 1 is 1.22 bits per heavy atom. The van der Waals surface area contributed by atoms with E-state index in [0.717, 1.165) is 13.1 Å². The van der Waals surface area contributed by atoms with E-state index in [4.69, 9.17) is 16.3 Å². The Morgan fingerprint density at radius 3 is 2.67 bits per heavy atom. The first-order valence-corrected chi connectivity index (χ1v) is 6.91. The first-order valence-electron chi connectivity index (χ1n) is 6.53. The second-order valence-corrected chi connectivity index (χ2v) is 5.16. The minimum absolute atomic E-state index is 0.292. The Morgan fingerprint density at radius 2 is 1.94 bits per heavy atom. The van der Waals surface area contributed by atoms with Crippen LogP contribution in [0.4, 0.5) is 0 Å². The van der Waals surface area contributed by atoms with Crippen molar-refractivity contribution in [3.63, 3.8) is 0 Å². The average molecular weight is 270 g/mol. The summed E-state index contributed by atoms with van der Waals surface area (Å²) in [6.45, 7) is 3.15. The van der Waals surface area contributed by atoms with Crippen molar-refractivity contribution in [2.45, 2.75) is 25.4 Å². The molecule has 0 amide bonds. The lowest BCUT2D eigenvalue weighted by Gasteiger charge is -2.28. The van der Waals surface area contributed by atoms with Crippen LogP contribution in [0.2, 0.25) is 5.02 Å². The molecule has 2 rings (SSSR count). The second kappa shape index (κ2) is 6.98. The van der Waals surface area contributed by atoms with E-state index in [1.165, 1.54) is 19.3 Å². The number of β-amino-alcohol motifs (C(OH)–C–C–N with tert-alkyl or cyclic N) is 1. The number of aliphatic hydroxyl groups excluding tert-OH is 1. The molecule has 1 aliphatic rings. The normalized spacial score (nSPS) is 18.6. The first kappa shape index (κ1) is 13.7. The van der Waals surface area contributed by atoms with Gasteiger partial charge >= 0.3 is 0 Å². The highest BCUT2D eigenvalue weighted by Crippen LogP contribution is 2.23. The van der Waals surface area contributed by atoms with Crippen LogP contribution >= 0.6 is 11.6 Å². The molecule has 1 fully saturated rings. The fraction of sp³-hybridized carbons (Fsp3) is 0.571. The van der Waals surface area contributed by atoms with Gasteiger partial charge in [-0.25, -0.2) is 0 Å². The molecule has 1 aliphatic heterocycles. The number of nitrogens with zero attached hydrogens (tertiary/aromatic N) is 1. The zero-order chi connectivity index (χ0) is 12.8. The molecule has 0 radical (unpaired) electrons. The minimum atomic E-state index is -0.459. The summed E-state index contributed by atoms with van der Waals surface area (Å²) >= 11 is 5.98. The maximum Gasteiger partial charge on any atom is 0.138 e. The Labute approximate surface area is 113 Å². The third-order valence-corrected chi connectivity index (χ3v) is 3.50. The molecule has 1 aromatic rings. The molecule has 0 saturated carbocycles. The van der Waals surface area contributed by atoms with Crippen molar-refractivity contribution in [1.82, 2.24) is 4.90 Å². The first-order chi connectivity index (χ1) is 8.75. The van der Waals surface area contributed by atoms with Crippen molar-refractivity contribution < 1.29 is 9.84 Å². The van der Waals surface area contributed by atoms with E-state index in [0.29, 0.717) is 23.9 Å². The minimum Gasteiger partial charge on any atom is -0.489 e. The summed E-state index contributed by atoms with van der Waals surface area (Å²) in [6, 6.07) is 7.33. The fourth-order valence-electron chi connectivity index (χ4n) is 2.24. The lowest BCUT2D eigenvalue weighted by atomic mass is 10.1. The van der Waals surface area contributed by atoms with Crippen LogP contribution in [0.25, 0.3) is 0 Å². The van der Waals surface area contributed by atoms with Gasteiger partial charge in [0.1, 0.15) is 18.5 Å². The molecule has 18 heavy (non-hydrogen) atoms. The van der Waals surface area contributed by atoms with Crippen LogP contribution in [0.3, 0.4) is 0 Å². The van der Waals surface area contributed by atoms with Gasteiger partial charge in [0.15, 0.2) is 0 Å². The maximum atomic E-state index is 9.94. The fourth-order valence-corrected chi connectivity index (χ4v) is 2.43. The zero-order valence-electron chi connectivity index (χ0n) is 10.5. The standard InChI is InChI=1S/C14H20ClNO2/c15-13-6-2-3-7-14(13)18-11-12(17)10-16-8-4-1-5-9-16/h2-3,6-7,12,17H,1,4-5,8-11H2/t12-/m1/s1. The molecule has 0 spiro atoms. The lowest BCUT2D eigenvalue weighted by molar-refractivity contribution is 0.0617. The van der Waals surface area contributed by atoms with E-state index < -0.39 is 6.10 Å². The van der Waals surface area contributed by atoms with Gasteiger partial charge in [0.25, 0.3) is 0 Å². The van der Waals surface area contributed by atoms with E-state index >= 15 is 0 Å². The lowest BCUT2D eigenvalue weighted by Crippen LogP contribution is -2.38. The van der Waals surface area contributed by atoms with Crippen LogP contribution in [0.15, 0.2) is 24.3 Å². The van der Waals surface area contributed by atoms with Crippen LogP contribution in [-0.4, -0.2) is 42.4 Å². The van der Waals surface area contributed by atoms with Gasteiger partial charge in [-0.15, -0.1) is 0 Å². The molecule has 0 bridgehead atoms. The monoisotopic (exact) mass is 269 g/mol. The molecule has 1 aromatic carbocycles. The van der Waals surface area contributed by atoms with Gasteiger partial charge in [-0.1, -0.05) is 30.2 Å². The van der Waals surface area contributed by atoms with Crippen LogP contribution in [0.1, 0.15) is 19.3 Å². The van der Waals surface area contributed by atoms with E-state index in [1.54, 1.807) is 6.07 Å². The number of hydrogen-bond acceptors (Lipinski definition) is 3. The molecular weight excluding hydrogens is 250 g/mol. The van der Waals surface area contributed by atoms with E-state index in [1.807, 2.05) is 18.2 Å². The van der Waals surface area contributed by atoms with Gasteiger partial charge in [0.2, 0.25) is 0 Å². The third-order valence-electron chi connectivity index (χ3n) is 3.19. The predicted octanol–water partition coefficient (Wildman–Crippen LogP) is 2.57. The summed E-state index contributed by atoms with van der Waals surface area (Å²) in [7, 11) is 0. The number of likely N-dealkylation sites (tertiary alicyclic amines) is 1. The Bertz CT molecular complexity index is 367. The van der Waals surface area contributed by atoms with Crippen LogP contribution in [0.5, 0.6) is 5.75 Å². The van der Waals surface area contributed by atoms with Gasteiger partial charge < -0.3 is 14.7 Å². The highest BCUT2D eigenvalue weighted by Gasteiger charge is 2.15. The quantitative estimate of drug-likeness (QED) is 0.892. The molecule has 1 saturated heterocycles. The highest BCUT2D eigenvalue weighted by atomic mass is 35.5. The molecule has 1 N–H and O–H groups in total. The van der Waals surface area contributed by atoms with Crippen molar-refractivity contribution in [3.8, 4) is 5.75 Å². The van der Waals surface area contributed by atoms with Gasteiger partial charge in [-0.3, -0.25) is 0 Å². The number of para-hydroxylation sites is 1. The van der Waals surface area contributed by atoms with Crippen LogP contribution in [-0.2, 0) is 0 Å². The number of benzene rings is 1. The molecule has 1 heterocycles. The topological polar surface area (TPSA) is 32.7 Å². The zero-order valence-corrected chi connectivity index (χ0v) is 11.3. The average Bonchev–Trinajstić information content (AvgIpc) is 2.39. The predicted molar refractivity (Wildman–Crippen MR) is 73.2 cm³/mol. The summed E-state index contributed by atoms with van der Waals surface area (Å²) in [4.78, 5) is 2.30. The number of ether oxygens (including phenoxy) is 1. The molecule has 0 aliphatic carbocycles. The molecule has 0 unspecified atom stereocenters. The molecule has 0 aromatic heterocycles.